The topological polar surface area (TPSA) is 83.6 Å². The number of carbonyl (C=O) groups is 2. The Balaban J connectivity index is 2.65. The van der Waals surface area contributed by atoms with Crippen molar-refractivity contribution in [2.75, 3.05) is 13.1 Å². The monoisotopic (exact) mass is 214 g/mol. The lowest BCUT2D eigenvalue weighted by Crippen LogP contribution is -2.46. The lowest BCUT2D eigenvalue weighted by Gasteiger charge is -2.29. The van der Waals surface area contributed by atoms with Crippen LogP contribution in [0.4, 0.5) is 0 Å². The van der Waals surface area contributed by atoms with E-state index < -0.39 is 11.4 Å². The standard InChI is InChI=1S/C10H18N2O3/c1-10(2,9(14)15)6-12-5-3-4-7(12)8(11)13/h7H,3-6H2,1-2H3,(H2,11,13)(H,14,15)/t7-/m1/s1. The van der Waals surface area contributed by atoms with Gasteiger partial charge in [-0.1, -0.05) is 0 Å². The van der Waals surface area contributed by atoms with Gasteiger partial charge in [-0.3, -0.25) is 14.5 Å². The summed E-state index contributed by atoms with van der Waals surface area (Å²) < 4.78 is 0. The fourth-order valence-electron chi connectivity index (χ4n) is 1.91. The Kier molecular flexibility index (Phi) is 3.34. The minimum Gasteiger partial charge on any atom is -0.481 e. The summed E-state index contributed by atoms with van der Waals surface area (Å²) in [6.07, 6.45) is 1.65. The molecule has 0 aromatic carbocycles. The SMILES string of the molecule is CC(C)(CN1CCC[C@@H]1C(N)=O)C(=O)O. The highest BCUT2D eigenvalue weighted by Crippen LogP contribution is 2.24. The molecule has 1 aliphatic heterocycles. The fourth-order valence-corrected chi connectivity index (χ4v) is 1.91. The van der Waals surface area contributed by atoms with Crippen molar-refractivity contribution in [1.82, 2.24) is 4.90 Å². The van der Waals surface area contributed by atoms with Crippen molar-refractivity contribution in [2.24, 2.45) is 11.1 Å². The number of carboxylic acids is 1. The second kappa shape index (κ2) is 4.18. The molecular weight excluding hydrogens is 196 g/mol. The van der Waals surface area contributed by atoms with Crippen LogP contribution in [0.3, 0.4) is 0 Å². The summed E-state index contributed by atoms with van der Waals surface area (Å²) in [4.78, 5) is 23.9. The largest absolute Gasteiger partial charge is 0.481 e. The Morgan fingerprint density at radius 3 is 2.60 bits per heavy atom. The van der Waals surface area contributed by atoms with E-state index >= 15 is 0 Å². The van der Waals surface area contributed by atoms with Crippen LogP contribution in [0.25, 0.3) is 0 Å². The molecule has 1 fully saturated rings. The number of nitrogens with zero attached hydrogens (tertiary/aromatic N) is 1. The Hall–Kier alpha value is -1.10. The molecule has 1 aliphatic rings. The summed E-state index contributed by atoms with van der Waals surface area (Å²) in [6.45, 7) is 4.44. The van der Waals surface area contributed by atoms with E-state index in [0.717, 1.165) is 19.4 Å². The Bertz CT molecular complexity index is 276. The Morgan fingerprint density at radius 2 is 2.13 bits per heavy atom. The molecule has 5 nitrogen and oxygen atoms in total. The first kappa shape index (κ1) is 12.0. The molecule has 0 unspecified atom stereocenters. The minimum absolute atomic E-state index is 0.288. The maximum atomic E-state index is 11.1. The number of hydrogen-bond acceptors (Lipinski definition) is 3. The van der Waals surface area contributed by atoms with Crippen LogP contribution in [0.5, 0.6) is 0 Å². The molecule has 1 rings (SSSR count). The van der Waals surface area contributed by atoms with Crippen molar-refractivity contribution in [3.8, 4) is 0 Å². The van der Waals surface area contributed by atoms with E-state index in [4.69, 9.17) is 10.8 Å². The van der Waals surface area contributed by atoms with Gasteiger partial charge in [0.1, 0.15) is 0 Å². The van der Waals surface area contributed by atoms with E-state index in [9.17, 15) is 9.59 Å². The summed E-state index contributed by atoms with van der Waals surface area (Å²) in [6, 6.07) is -0.288. The average Bonchev–Trinajstić information content (AvgIpc) is 2.51. The van der Waals surface area contributed by atoms with Crippen LogP contribution in [0, 0.1) is 5.41 Å². The summed E-state index contributed by atoms with van der Waals surface area (Å²) >= 11 is 0. The van der Waals surface area contributed by atoms with Crippen LogP contribution in [0.2, 0.25) is 0 Å². The summed E-state index contributed by atoms with van der Waals surface area (Å²) in [5.74, 6) is -1.20. The van der Waals surface area contributed by atoms with Crippen molar-refractivity contribution in [2.45, 2.75) is 32.7 Å². The highest BCUT2D eigenvalue weighted by molar-refractivity contribution is 5.80. The van der Waals surface area contributed by atoms with Crippen LogP contribution >= 0.6 is 0 Å². The van der Waals surface area contributed by atoms with Gasteiger partial charge in [-0.25, -0.2) is 0 Å². The van der Waals surface area contributed by atoms with E-state index in [1.807, 2.05) is 4.90 Å². The van der Waals surface area contributed by atoms with Crippen molar-refractivity contribution < 1.29 is 14.7 Å². The van der Waals surface area contributed by atoms with E-state index in [0.29, 0.717) is 6.54 Å². The summed E-state index contributed by atoms with van der Waals surface area (Å²) in [7, 11) is 0. The van der Waals surface area contributed by atoms with Crippen LogP contribution in [0.1, 0.15) is 26.7 Å². The molecule has 0 aromatic rings. The van der Waals surface area contributed by atoms with Crippen molar-refractivity contribution in [3.05, 3.63) is 0 Å². The fraction of sp³-hybridized carbons (Fsp3) is 0.800. The van der Waals surface area contributed by atoms with Gasteiger partial charge in [-0.2, -0.15) is 0 Å². The zero-order chi connectivity index (χ0) is 11.6. The summed E-state index contributed by atoms with van der Waals surface area (Å²) in [5, 5.41) is 8.98. The average molecular weight is 214 g/mol. The first-order valence-corrected chi connectivity index (χ1v) is 5.11. The zero-order valence-corrected chi connectivity index (χ0v) is 9.19. The highest BCUT2D eigenvalue weighted by Gasteiger charge is 2.36. The molecule has 0 spiro atoms. The van der Waals surface area contributed by atoms with E-state index in [2.05, 4.69) is 0 Å². The van der Waals surface area contributed by atoms with Gasteiger partial charge >= 0.3 is 5.97 Å². The van der Waals surface area contributed by atoms with Crippen molar-refractivity contribution in [1.29, 1.82) is 0 Å². The van der Waals surface area contributed by atoms with Gasteiger partial charge in [0.25, 0.3) is 0 Å². The molecule has 1 amide bonds. The molecule has 3 N–H and O–H groups in total. The number of primary amides is 1. The normalized spacial score (nSPS) is 22.9. The third-order valence-corrected chi connectivity index (χ3v) is 2.87. The molecule has 0 radical (unpaired) electrons. The van der Waals surface area contributed by atoms with Crippen LogP contribution in [-0.2, 0) is 9.59 Å². The smallest absolute Gasteiger partial charge is 0.310 e. The van der Waals surface area contributed by atoms with Crippen LogP contribution in [-0.4, -0.2) is 41.0 Å². The Morgan fingerprint density at radius 1 is 1.53 bits per heavy atom. The molecule has 0 bridgehead atoms. The predicted molar refractivity (Wildman–Crippen MR) is 55.2 cm³/mol. The molecule has 1 saturated heterocycles. The molecule has 5 heteroatoms. The van der Waals surface area contributed by atoms with Gasteiger partial charge in [-0.05, 0) is 33.2 Å². The number of rotatable bonds is 4. The van der Waals surface area contributed by atoms with Crippen molar-refractivity contribution in [3.63, 3.8) is 0 Å². The maximum Gasteiger partial charge on any atom is 0.310 e. The lowest BCUT2D eigenvalue weighted by atomic mass is 9.93. The number of carbonyl (C=O) groups excluding carboxylic acids is 1. The van der Waals surface area contributed by atoms with Crippen LogP contribution < -0.4 is 5.73 Å². The number of carboxylic acid groups (broad SMARTS) is 1. The van der Waals surface area contributed by atoms with Gasteiger partial charge in [0, 0.05) is 6.54 Å². The first-order valence-electron chi connectivity index (χ1n) is 5.11. The van der Waals surface area contributed by atoms with Gasteiger partial charge in [-0.15, -0.1) is 0 Å². The van der Waals surface area contributed by atoms with E-state index in [1.54, 1.807) is 13.8 Å². The van der Waals surface area contributed by atoms with E-state index in [1.165, 1.54) is 0 Å². The van der Waals surface area contributed by atoms with Gasteiger partial charge in [0.2, 0.25) is 5.91 Å². The molecule has 0 saturated carbocycles. The van der Waals surface area contributed by atoms with Gasteiger partial charge in [0.15, 0.2) is 0 Å². The highest BCUT2D eigenvalue weighted by atomic mass is 16.4. The summed E-state index contributed by atoms with van der Waals surface area (Å²) in [5.41, 5.74) is 4.42. The zero-order valence-electron chi connectivity index (χ0n) is 9.19. The van der Waals surface area contributed by atoms with E-state index in [-0.39, 0.29) is 11.9 Å². The predicted octanol–water partition coefficient (Wildman–Crippen LogP) is 0.0469. The number of aliphatic carboxylic acids is 1. The quantitative estimate of drug-likeness (QED) is 0.692. The van der Waals surface area contributed by atoms with Crippen LogP contribution in [0.15, 0.2) is 0 Å². The molecule has 0 aromatic heterocycles. The first-order chi connectivity index (χ1) is 6.84. The van der Waals surface area contributed by atoms with Gasteiger partial charge in [0.05, 0.1) is 11.5 Å². The third-order valence-electron chi connectivity index (χ3n) is 2.87. The van der Waals surface area contributed by atoms with Crippen molar-refractivity contribution >= 4 is 11.9 Å². The molecule has 1 heterocycles. The van der Waals surface area contributed by atoms with Gasteiger partial charge < -0.3 is 10.8 Å². The number of likely N-dealkylation sites (tertiary alicyclic amines) is 1. The number of nitrogens with two attached hydrogens (primary N) is 1. The molecule has 86 valence electrons. The maximum absolute atomic E-state index is 11.1. The number of hydrogen-bond donors (Lipinski definition) is 2. The molecule has 0 aliphatic carbocycles. The second-order valence-corrected chi connectivity index (χ2v) is 4.72. The lowest BCUT2D eigenvalue weighted by molar-refractivity contribution is -0.148. The molecule has 1 atom stereocenters. The Labute approximate surface area is 89.2 Å². The minimum atomic E-state index is -0.849. The molecule has 15 heavy (non-hydrogen) atoms. The number of amides is 1. The second-order valence-electron chi connectivity index (χ2n) is 4.72. The molecular formula is C10H18N2O3. The third kappa shape index (κ3) is 2.68.